The SMILES string of the molecule is Cc1cc(-c2cnc(N3CCOCC3)nc2[C@H]2CCCN(C(=O)c3ccncc3)C2)on1. The number of aromatic nitrogens is 4. The standard InChI is InChI=1S/C23H26N6O3/c1-16-13-20(32-27-16)19-14-25-23(28-9-11-31-12-10-28)26-21(19)18-3-2-8-29(15-18)22(30)17-4-6-24-7-5-17/h4-7,13-14,18H,2-3,8-12,15H2,1H3/t18-/m0/s1. The summed E-state index contributed by atoms with van der Waals surface area (Å²) in [5.41, 5.74) is 3.21. The Morgan fingerprint density at radius 3 is 2.72 bits per heavy atom. The molecule has 5 heterocycles. The van der Waals surface area contributed by atoms with Gasteiger partial charge in [0.05, 0.1) is 30.2 Å². The van der Waals surface area contributed by atoms with Crippen LogP contribution in [-0.2, 0) is 4.74 Å². The van der Waals surface area contributed by atoms with E-state index in [1.54, 1.807) is 24.5 Å². The molecule has 2 saturated heterocycles. The van der Waals surface area contributed by atoms with E-state index in [2.05, 4.69) is 20.0 Å². The lowest BCUT2D eigenvalue weighted by molar-refractivity contribution is 0.0706. The summed E-state index contributed by atoms with van der Waals surface area (Å²) in [6, 6.07) is 5.42. The van der Waals surface area contributed by atoms with Gasteiger partial charge in [-0.1, -0.05) is 5.16 Å². The van der Waals surface area contributed by atoms with Crippen LogP contribution in [-0.4, -0.2) is 70.3 Å². The van der Waals surface area contributed by atoms with E-state index >= 15 is 0 Å². The molecule has 3 aromatic heterocycles. The van der Waals surface area contributed by atoms with Crippen molar-refractivity contribution in [3.63, 3.8) is 0 Å². The first-order valence-corrected chi connectivity index (χ1v) is 11.0. The third kappa shape index (κ3) is 4.20. The Kier molecular flexibility index (Phi) is 5.81. The topological polar surface area (TPSA) is 97.5 Å². The molecule has 0 unspecified atom stereocenters. The minimum absolute atomic E-state index is 0.0246. The van der Waals surface area contributed by atoms with Gasteiger partial charge in [0.15, 0.2) is 5.76 Å². The van der Waals surface area contributed by atoms with Gasteiger partial charge < -0.3 is 19.1 Å². The van der Waals surface area contributed by atoms with Crippen LogP contribution in [0.4, 0.5) is 5.95 Å². The first-order chi connectivity index (χ1) is 15.7. The van der Waals surface area contributed by atoms with Gasteiger partial charge in [0.1, 0.15) is 0 Å². The van der Waals surface area contributed by atoms with Crippen LogP contribution >= 0.6 is 0 Å². The molecule has 0 spiro atoms. The summed E-state index contributed by atoms with van der Waals surface area (Å²) in [5.74, 6) is 1.46. The fourth-order valence-electron chi connectivity index (χ4n) is 4.35. The van der Waals surface area contributed by atoms with Crippen LogP contribution in [0, 0.1) is 6.92 Å². The predicted molar refractivity (Wildman–Crippen MR) is 117 cm³/mol. The van der Waals surface area contributed by atoms with Gasteiger partial charge in [-0.25, -0.2) is 9.97 Å². The molecule has 32 heavy (non-hydrogen) atoms. The number of aryl methyl sites for hydroxylation is 1. The van der Waals surface area contributed by atoms with E-state index in [1.165, 1.54) is 0 Å². The molecule has 0 N–H and O–H groups in total. The van der Waals surface area contributed by atoms with E-state index in [-0.39, 0.29) is 11.8 Å². The second-order valence-electron chi connectivity index (χ2n) is 8.23. The minimum Gasteiger partial charge on any atom is -0.378 e. The van der Waals surface area contributed by atoms with E-state index in [0.29, 0.717) is 37.0 Å². The van der Waals surface area contributed by atoms with Crippen molar-refractivity contribution in [3.8, 4) is 11.3 Å². The van der Waals surface area contributed by atoms with Crippen molar-refractivity contribution in [2.75, 3.05) is 44.3 Å². The fourth-order valence-corrected chi connectivity index (χ4v) is 4.35. The number of morpholine rings is 1. The van der Waals surface area contributed by atoms with Crippen LogP contribution in [0.15, 0.2) is 41.3 Å². The van der Waals surface area contributed by atoms with Crippen LogP contribution in [0.2, 0.25) is 0 Å². The number of carbonyl (C=O) groups is 1. The number of likely N-dealkylation sites (tertiary alicyclic amines) is 1. The van der Waals surface area contributed by atoms with Gasteiger partial charge in [-0.05, 0) is 31.9 Å². The monoisotopic (exact) mass is 434 g/mol. The molecule has 2 aliphatic heterocycles. The van der Waals surface area contributed by atoms with Gasteiger partial charge in [0.2, 0.25) is 5.95 Å². The van der Waals surface area contributed by atoms with Gasteiger partial charge in [-0.2, -0.15) is 0 Å². The highest BCUT2D eigenvalue weighted by atomic mass is 16.5. The fraction of sp³-hybridized carbons (Fsp3) is 0.435. The molecule has 9 heteroatoms. The number of hydrogen-bond donors (Lipinski definition) is 0. The summed E-state index contributed by atoms with van der Waals surface area (Å²) in [4.78, 5) is 30.8. The quantitative estimate of drug-likeness (QED) is 0.618. The third-order valence-electron chi connectivity index (χ3n) is 6.02. The van der Waals surface area contributed by atoms with E-state index in [4.69, 9.17) is 14.2 Å². The predicted octanol–water partition coefficient (Wildman–Crippen LogP) is 2.69. The molecule has 0 saturated carbocycles. The van der Waals surface area contributed by atoms with Crippen molar-refractivity contribution in [3.05, 3.63) is 53.7 Å². The second-order valence-corrected chi connectivity index (χ2v) is 8.23. The van der Waals surface area contributed by atoms with Crippen molar-refractivity contribution >= 4 is 11.9 Å². The molecule has 1 amide bonds. The number of hydrogen-bond acceptors (Lipinski definition) is 8. The Morgan fingerprint density at radius 2 is 1.97 bits per heavy atom. The number of rotatable bonds is 4. The average Bonchev–Trinajstić information content (AvgIpc) is 3.30. The number of anilines is 1. The van der Waals surface area contributed by atoms with Gasteiger partial charge in [0.25, 0.3) is 5.91 Å². The summed E-state index contributed by atoms with van der Waals surface area (Å²) >= 11 is 0. The molecule has 0 radical (unpaired) electrons. The van der Waals surface area contributed by atoms with Crippen molar-refractivity contribution in [1.82, 2.24) is 25.0 Å². The Hall–Kier alpha value is -3.33. The summed E-state index contributed by atoms with van der Waals surface area (Å²) < 4.78 is 11.0. The van der Waals surface area contributed by atoms with Gasteiger partial charge in [-0.15, -0.1) is 0 Å². The molecule has 2 fully saturated rings. The van der Waals surface area contributed by atoms with Crippen molar-refractivity contribution in [2.24, 2.45) is 0 Å². The normalized spacial score (nSPS) is 19.2. The molecular weight excluding hydrogens is 408 g/mol. The zero-order chi connectivity index (χ0) is 21.9. The smallest absolute Gasteiger partial charge is 0.253 e. The van der Waals surface area contributed by atoms with Crippen LogP contribution in [0.1, 0.15) is 40.5 Å². The number of amides is 1. The molecule has 9 nitrogen and oxygen atoms in total. The van der Waals surface area contributed by atoms with Crippen molar-refractivity contribution in [2.45, 2.75) is 25.7 Å². The lowest BCUT2D eigenvalue weighted by atomic mass is 9.91. The molecule has 2 aliphatic rings. The summed E-state index contributed by atoms with van der Waals surface area (Å²) in [5, 5.41) is 4.05. The molecule has 0 aliphatic carbocycles. The Labute approximate surface area is 186 Å². The molecule has 166 valence electrons. The van der Waals surface area contributed by atoms with E-state index in [0.717, 1.165) is 49.4 Å². The molecule has 0 aromatic carbocycles. The van der Waals surface area contributed by atoms with Gasteiger partial charge >= 0.3 is 0 Å². The zero-order valence-corrected chi connectivity index (χ0v) is 18.1. The van der Waals surface area contributed by atoms with Gasteiger partial charge in [0, 0.05) is 62.3 Å². The maximum Gasteiger partial charge on any atom is 0.253 e. The lowest BCUT2D eigenvalue weighted by Gasteiger charge is -2.34. The lowest BCUT2D eigenvalue weighted by Crippen LogP contribution is -2.40. The van der Waals surface area contributed by atoms with Crippen LogP contribution < -0.4 is 4.90 Å². The highest BCUT2D eigenvalue weighted by molar-refractivity contribution is 5.94. The van der Waals surface area contributed by atoms with E-state index in [9.17, 15) is 4.79 Å². The number of piperidine rings is 1. The molecule has 1 atom stereocenters. The first kappa shape index (κ1) is 20.6. The summed E-state index contributed by atoms with van der Waals surface area (Å²) in [6.45, 7) is 6.08. The van der Waals surface area contributed by atoms with Crippen LogP contribution in [0.25, 0.3) is 11.3 Å². The molecule has 5 rings (SSSR count). The van der Waals surface area contributed by atoms with Crippen LogP contribution in [0.5, 0.6) is 0 Å². The summed E-state index contributed by atoms with van der Waals surface area (Å²) in [7, 11) is 0. The maximum absolute atomic E-state index is 13.1. The number of ether oxygens (including phenoxy) is 1. The first-order valence-electron chi connectivity index (χ1n) is 11.0. The zero-order valence-electron chi connectivity index (χ0n) is 18.1. The molecule has 3 aromatic rings. The Morgan fingerprint density at radius 1 is 1.16 bits per heavy atom. The second kappa shape index (κ2) is 9.04. The average molecular weight is 435 g/mol. The van der Waals surface area contributed by atoms with Crippen molar-refractivity contribution in [1.29, 1.82) is 0 Å². The minimum atomic E-state index is 0.0246. The Bertz CT molecular complexity index is 1080. The third-order valence-corrected chi connectivity index (χ3v) is 6.02. The highest BCUT2D eigenvalue weighted by Gasteiger charge is 2.30. The number of pyridine rings is 1. The Balaban J connectivity index is 1.47. The van der Waals surface area contributed by atoms with Gasteiger partial charge in [-0.3, -0.25) is 9.78 Å². The largest absolute Gasteiger partial charge is 0.378 e. The van der Waals surface area contributed by atoms with Crippen molar-refractivity contribution < 1.29 is 14.1 Å². The van der Waals surface area contributed by atoms with E-state index < -0.39 is 0 Å². The summed E-state index contributed by atoms with van der Waals surface area (Å²) in [6.07, 6.45) is 6.99. The maximum atomic E-state index is 13.1. The van der Waals surface area contributed by atoms with Crippen LogP contribution in [0.3, 0.4) is 0 Å². The molecular formula is C23H26N6O3. The highest BCUT2D eigenvalue weighted by Crippen LogP contribution is 2.34. The molecule has 0 bridgehead atoms. The van der Waals surface area contributed by atoms with E-state index in [1.807, 2.05) is 24.1 Å². The number of carbonyl (C=O) groups excluding carboxylic acids is 1. The number of nitrogens with zero attached hydrogens (tertiary/aromatic N) is 6.